The van der Waals surface area contributed by atoms with Gasteiger partial charge in [-0.15, -0.1) is 0 Å². The zero-order chi connectivity index (χ0) is 22.7. The van der Waals surface area contributed by atoms with Crippen LogP contribution in [0, 0.1) is 0 Å². The van der Waals surface area contributed by atoms with Gasteiger partial charge in [-0.25, -0.2) is 18.1 Å². The normalized spacial score (nSPS) is 12.6. The molecule has 9 heteroatoms. The van der Waals surface area contributed by atoms with Crippen molar-refractivity contribution >= 4 is 20.6 Å². The van der Waals surface area contributed by atoms with Gasteiger partial charge in [0.1, 0.15) is 6.04 Å². The number of hydrogen-bond acceptors (Lipinski definition) is 7. The maximum atomic E-state index is 13.2. The lowest BCUT2D eigenvalue weighted by Crippen LogP contribution is -2.30. The van der Waals surface area contributed by atoms with E-state index in [0.29, 0.717) is 16.7 Å². The highest BCUT2D eigenvalue weighted by Gasteiger charge is 2.21. The Morgan fingerprint density at radius 1 is 0.969 bits per heavy atom. The second-order valence-electron chi connectivity index (χ2n) is 7.06. The fourth-order valence-corrected chi connectivity index (χ4v) is 4.76. The topological polar surface area (TPSA) is 100 Å². The summed E-state index contributed by atoms with van der Waals surface area (Å²) in [4.78, 5) is 17.7. The smallest absolute Gasteiger partial charge is 0.275 e. The Labute approximate surface area is 185 Å². The molecule has 0 saturated heterocycles. The van der Waals surface area contributed by atoms with Crippen LogP contribution in [-0.4, -0.2) is 44.0 Å². The van der Waals surface area contributed by atoms with E-state index in [1.807, 2.05) is 0 Å². The minimum Gasteiger partial charge on any atom is -0.481 e. The van der Waals surface area contributed by atoms with Gasteiger partial charge in [0.15, 0.2) is 0 Å². The Bertz CT molecular complexity index is 1400. The van der Waals surface area contributed by atoms with Crippen LogP contribution >= 0.6 is 0 Å². The van der Waals surface area contributed by atoms with E-state index in [1.54, 1.807) is 36.5 Å². The van der Waals surface area contributed by atoms with Gasteiger partial charge in [-0.1, -0.05) is 18.2 Å². The average molecular weight is 452 g/mol. The van der Waals surface area contributed by atoms with Crippen LogP contribution in [0.4, 0.5) is 0 Å². The summed E-state index contributed by atoms with van der Waals surface area (Å²) >= 11 is 0. The summed E-state index contributed by atoms with van der Waals surface area (Å²) in [5, 5.41) is 5.10. The molecule has 0 aliphatic heterocycles. The number of fused-ring (bicyclic) bond motifs is 1. The van der Waals surface area contributed by atoms with Crippen molar-refractivity contribution < 1.29 is 17.9 Å². The van der Waals surface area contributed by atoms with Crippen molar-refractivity contribution in [2.45, 2.75) is 15.8 Å². The molecule has 2 heterocycles. The Hall–Kier alpha value is -3.56. The number of nitrogens with zero attached hydrogens (tertiary/aromatic N) is 3. The number of sulfone groups is 1. The molecule has 164 valence electrons. The van der Waals surface area contributed by atoms with E-state index < -0.39 is 15.9 Å². The third-order valence-corrected chi connectivity index (χ3v) is 6.89. The van der Waals surface area contributed by atoms with Gasteiger partial charge in [0.2, 0.25) is 15.7 Å². The van der Waals surface area contributed by atoms with E-state index in [0.717, 1.165) is 5.56 Å². The lowest BCUT2D eigenvalue weighted by atomic mass is 10.1. The molecule has 0 bridgehead atoms. The van der Waals surface area contributed by atoms with Crippen molar-refractivity contribution in [2.75, 3.05) is 20.8 Å². The van der Waals surface area contributed by atoms with Crippen molar-refractivity contribution in [3.8, 4) is 5.88 Å². The fraction of sp³-hybridized carbons (Fsp3) is 0.174. The van der Waals surface area contributed by atoms with E-state index in [2.05, 4.69) is 10.1 Å². The molecule has 8 nitrogen and oxygen atoms in total. The molecule has 0 N–H and O–H groups in total. The lowest BCUT2D eigenvalue weighted by Gasteiger charge is -2.18. The zero-order valence-electron chi connectivity index (χ0n) is 17.5. The molecule has 0 radical (unpaired) electrons. The van der Waals surface area contributed by atoms with Crippen LogP contribution < -0.4 is 10.3 Å². The molecule has 0 saturated carbocycles. The van der Waals surface area contributed by atoms with Gasteiger partial charge in [0.25, 0.3) is 5.56 Å². The first-order valence-corrected chi connectivity index (χ1v) is 11.2. The standard InChI is InChI=1S/C23H21N3O5S/c1-30-15-21(16-8-11-22(31-2)24-13-16)26-23(27)20-10-9-19(12-17(20)14-25-26)32(28,29)18-6-4-3-5-7-18/h3-14,21H,15H2,1-2H3. The average Bonchev–Trinajstić information content (AvgIpc) is 2.83. The highest BCUT2D eigenvalue weighted by atomic mass is 32.2. The van der Waals surface area contributed by atoms with Crippen LogP contribution in [0.5, 0.6) is 5.88 Å². The number of ether oxygens (including phenoxy) is 2. The molecule has 2 aromatic carbocycles. The largest absolute Gasteiger partial charge is 0.481 e. The molecule has 0 amide bonds. The molecule has 1 atom stereocenters. The van der Waals surface area contributed by atoms with Crippen molar-refractivity contribution in [1.29, 1.82) is 0 Å². The summed E-state index contributed by atoms with van der Waals surface area (Å²) in [6.45, 7) is 0.201. The minimum atomic E-state index is -3.70. The highest BCUT2D eigenvalue weighted by Crippen LogP contribution is 2.24. The van der Waals surface area contributed by atoms with Gasteiger partial charge in [0, 0.05) is 24.8 Å². The lowest BCUT2D eigenvalue weighted by molar-refractivity contribution is 0.162. The van der Waals surface area contributed by atoms with Gasteiger partial charge < -0.3 is 9.47 Å². The molecule has 0 fully saturated rings. The molecule has 2 aromatic heterocycles. The first-order valence-electron chi connectivity index (χ1n) is 9.76. The summed E-state index contributed by atoms with van der Waals surface area (Å²) in [6.07, 6.45) is 3.09. The number of hydrogen-bond donors (Lipinski definition) is 0. The number of methoxy groups -OCH3 is 2. The van der Waals surface area contributed by atoms with Gasteiger partial charge in [0.05, 0.1) is 35.1 Å². The van der Waals surface area contributed by atoms with Crippen molar-refractivity contribution in [1.82, 2.24) is 14.8 Å². The molecular weight excluding hydrogens is 430 g/mol. The van der Waals surface area contributed by atoms with Crippen LogP contribution in [0.3, 0.4) is 0 Å². The molecule has 32 heavy (non-hydrogen) atoms. The summed E-state index contributed by atoms with van der Waals surface area (Å²) in [5.41, 5.74) is 0.369. The van der Waals surface area contributed by atoms with Crippen molar-refractivity contribution in [3.05, 3.63) is 89.0 Å². The Morgan fingerprint density at radius 2 is 1.75 bits per heavy atom. The van der Waals surface area contributed by atoms with E-state index >= 15 is 0 Å². The van der Waals surface area contributed by atoms with E-state index in [-0.39, 0.29) is 22.0 Å². The predicted molar refractivity (Wildman–Crippen MR) is 119 cm³/mol. The maximum Gasteiger partial charge on any atom is 0.275 e. The van der Waals surface area contributed by atoms with E-state index in [9.17, 15) is 13.2 Å². The monoisotopic (exact) mass is 451 g/mol. The molecule has 4 aromatic rings. The second kappa shape index (κ2) is 8.89. The summed E-state index contributed by atoms with van der Waals surface area (Å²) < 4.78 is 37.6. The van der Waals surface area contributed by atoms with Gasteiger partial charge in [-0.3, -0.25) is 4.79 Å². The van der Waals surface area contributed by atoms with Crippen molar-refractivity contribution in [2.24, 2.45) is 0 Å². The minimum absolute atomic E-state index is 0.0999. The zero-order valence-corrected chi connectivity index (χ0v) is 18.3. The van der Waals surface area contributed by atoms with Crippen molar-refractivity contribution in [3.63, 3.8) is 0 Å². The number of benzene rings is 2. The van der Waals surface area contributed by atoms with Gasteiger partial charge in [-0.2, -0.15) is 5.10 Å². The number of rotatable bonds is 7. The van der Waals surface area contributed by atoms with Crippen LogP contribution in [-0.2, 0) is 14.6 Å². The molecule has 0 aliphatic rings. The van der Waals surface area contributed by atoms with Crippen LogP contribution in [0.2, 0.25) is 0 Å². The fourth-order valence-electron chi connectivity index (χ4n) is 3.44. The third kappa shape index (κ3) is 4.00. The molecular formula is C23H21N3O5S. The van der Waals surface area contributed by atoms with Crippen LogP contribution in [0.25, 0.3) is 10.8 Å². The number of pyridine rings is 1. The predicted octanol–water partition coefficient (Wildman–Crippen LogP) is 2.87. The summed E-state index contributed by atoms with van der Waals surface area (Å²) in [5.74, 6) is 0.455. The Kier molecular flexibility index (Phi) is 6.02. The maximum absolute atomic E-state index is 13.2. The first-order chi connectivity index (χ1) is 15.5. The van der Waals surface area contributed by atoms with E-state index in [1.165, 1.54) is 55.4 Å². The Morgan fingerprint density at radius 3 is 2.41 bits per heavy atom. The van der Waals surface area contributed by atoms with Crippen LogP contribution in [0.1, 0.15) is 11.6 Å². The third-order valence-electron chi connectivity index (χ3n) is 5.12. The number of aromatic nitrogens is 3. The quantitative estimate of drug-likeness (QED) is 0.426. The molecule has 0 spiro atoms. The molecule has 4 rings (SSSR count). The van der Waals surface area contributed by atoms with Gasteiger partial charge >= 0.3 is 0 Å². The second-order valence-corrected chi connectivity index (χ2v) is 9.01. The molecule has 1 unspecified atom stereocenters. The first kappa shape index (κ1) is 21.7. The summed E-state index contributed by atoms with van der Waals surface area (Å²) in [6, 6.07) is 15.6. The molecule has 0 aliphatic carbocycles. The Balaban J connectivity index is 1.78. The van der Waals surface area contributed by atoms with Gasteiger partial charge in [-0.05, 0) is 42.0 Å². The summed E-state index contributed by atoms with van der Waals surface area (Å²) in [7, 11) is -0.642. The highest BCUT2D eigenvalue weighted by molar-refractivity contribution is 7.91. The van der Waals surface area contributed by atoms with Crippen LogP contribution in [0.15, 0.2) is 87.6 Å². The SMILES string of the molecule is COCC(c1ccc(OC)nc1)n1ncc2cc(S(=O)(=O)c3ccccc3)ccc2c1=O. The van der Waals surface area contributed by atoms with E-state index in [4.69, 9.17) is 9.47 Å².